The number of anilines is 1. The van der Waals surface area contributed by atoms with Crippen molar-refractivity contribution in [2.75, 3.05) is 12.4 Å². The maximum Gasteiger partial charge on any atom is 0.259 e. The van der Waals surface area contributed by atoms with Crippen LogP contribution in [0.2, 0.25) is 15.3 Å². The number of hydrogen-bond donors (Lipinski definition) is 1. The first-order valence-corrected chi connectivity index (χ1v) is 6.48. The number of amides is 1. The van der Waals surface area contributed by atoms with E-state index >= 15 is 0 Å². The summed E-state index contributed by atoms with van der Waals surface area (Å²) in [6.45, 7) is 0. The van der Waals surface area contributed by atoms with Crippen LogP contribution in [0.1, 0.15) is 10.4 Å². The predicted molar refractivity (Wildman–Crippen MR) is 78.0 cm³/mol. The molecule has 0 saturated carbocycles. The van der Waals surface area contributed by atoms with Gasteiger partial charge in [-0.1, -0.05) is 34.8 Å². The lowest BCUT2D eigenvalue weighted by atomic mass is 10.2. The molecule has 0 bridgehead atoms. The quantitative estimate of drug-likeness (QED) is 0.931. The van der Waals surface area contributed by atoms with Gasteiger partial charge in [0.15, 0.2) is 10.3 Å². The molecule has 5 nitrogen and oxygen atoms in total. The molecule has 0 spiro atoms. The molecule has 1 N–H and O–H groups in total. The van der Waals surface area contributed by atoms with Crippen molar-refractivity contribution in [3.63, 3.8) is 0 Å². The van der Waals surface area contributed by atoms with Crippen LogP contribution in [0.3, 0.4) is 0 Å². The Morgan fingerprint density at radius 1 is 1.20 bits per heavy atom. The fourth-order valence-electron chi connectivity index (χ4n) is 1.43. The number of carbonyl (C=O) groups is 1. The van der Waals surface area contributed by atoms with Crippen LogP contribution in [-0.4, -0.2) is 23.2 Å². The molecule has 0 aliphatic rings. The molecule has 1 aromatic carbocycles. The molecule has 0 radical (unpaired) electrons. The normalized spacial score (nSPS) is 10.2. The molecule has 0 unspecified atom stereocenters. The second kappa shape index (κ2) is 6.26. The zero-order chi connectivity index (χ0) is 14.7. The highest BCUT2D eigenvalue weighted by Gasteiger charge is 2.15. The summed E-state index contributed by atoms with van der Waals surface area (Å²) >= 11 is 17.5. The highest BCUT2D eigenvalue weighted by Crippen LogP contribution is 2.27. The van der Waals surface area contributed by atoms with Gasteiger partial charge in [-0.3, -0.25) is 4.79 Å². The number of nitrogens with zero attached hydrogens (tertiary/aromatic N) is 2. The number of rotatable bonds is 3. The van der Waals surface area contributed by atoms with Gasteiger partial charge in [0, 0.05) is 6.07 Å². The molecular formula is C12H8Cl3N3O2. The Labute approximate surface area is 129 Å². The summed E-state index contributed by atoms with van der Waals surface area (Å²) in [6, 6.07) is 6.19. The number of hydrogen-bond acceptors (Lipinski definition) is 4. The topological polar surface area (TPSA) is 64.1 Å². The Balaban J connectivity index is 2.30. The largest absolute Gasteiger partial charge is 0.497 e. The van der Waals surface area contributed by atoms with E-state index < -0.39 is 5.91 Å². The SMILES string of the molecule is COc1ccc(Cl)c(NC(=O)c2cc(Cl)nnc2Cl)c1. The summed E-state index contributed by atoms with van der Waals surface area (Å²) in [5, 5.41) is 10.1. The van der Waals surface area contributed by atoms with E-state index in [1.807, 2.05) is 0 Å². The molecule has 20 heavy (non-hydrogen) atoms. The molecular weight excluding hydrogens is 325 g/mol. The monoisotopic (exact) mass is 331 g/mol. The lowest BCUT2D eigenvalue weighted by molar-refractivity contribution is 0.102. The first-order chi connectivity index (χ1) is 9.51. The summed E-state index contributed by atoms with van der Waals surface area (Å²) in [7, 11) is 1.51. The van der Waals surface area contributed by atoms with Crippen LogP contribution >= 0.6 is 34.8 Å². The van der Waals surface area contributed by atoms with Crippen LogP contribution in [0, 0.1) is 0 Å². The van der Waals surface area contributed by atoms with Crippen molar-refractivity contribution in [3.8, 4) is 5.75 Å². The van der Waals surface area contributed by atoms with Crippen molar-refractivity contribution >= 4 is 46.4 Å². The predicted octanol–water partition coefficient (Wildman–Crippen LogP) is 3.70. The van der Waals surface area contributed by atoms with Crippen LogP contribution in [0.5, 0.6) is 5.75 Å². The van der Waals surface area contributed by atoms with E-state index in [0.29, 0.717) is 16.5 Å². The van der Waals surface area contributed by atoms with E-state index in [1.165, 1.54) is 13.2 Å². The molecule has 8 heteroatoms. The first kappa shape index (κ1) is 14.8. The van der Waals surface area contributed by atoms with Gasteiger partial charge in [-0.25, -0.2) is 0 Å². The number of benzene rings is 1. The van der Waals surface area contributed by atoms with Crippen molar-refractivity contribution in [1.29, 1.82) is 0 Å². The average Bonchev–Trinajstić information content (AvgIpc) is 2.43. The van der Waals surface area contributed by atoms with Gasteiger partial charge in [0.05, 0.1) is 23.4 Å². The zero-order valence-corrected chi connectivity index (χ0v) is 12.4. The minimum absolute atomic E-state index is 0.0501. The molecule has 0 aliphatic heterocycles. The van der Waals surface area contributed by atoms with Gasteiger partial charge < -0.3 is 10.1 Å². The van der Waals surface area contributed by atoms with Crippen molar-refractivity contribution in [2.45, 2.75) is 0 Å². The summed E-state index contributed by atoms with van der Waals surface area (Å²) in [5.74, 6) is 0.0589. The minimum Gasteiger partial charge on any atom is -0.497 e. The Morgan fingerprint density at radius 3 is 2.65 bits per heavy atom. The molecule has 0 fully saturated rings. The molecule has 104 valence electrons. The van der Waals surface area contributed by atoms with E-state index in [0.717, 1.165) is 0 Å². The number of methoxy groups -OCH3 is 1. The molecule has 2 rings (SSSR count). The van der Waals surface area contributed by atoms with Gasteiger partial charge >= 0.3 is 0 Å². The van der Waals surface area contributed by atoms with E-state index in [4.69, 9.17) is 39.5 Å². The molecule has 1 heterocycles. The second-order valence-corrected chi connectivity index (χ2v) is 4.82. The number of carbonyl (C=O) groups excluding carboxylic acids is 1. The number of aromatic nitrogens is 2. The van der Waals surface area contributed by atoms with E-state index in [1.54, 1.807) is 18.2 Å². The Kier molecular flexibility index (Phi) is 4.65. The molecule has 2 aromatic rings. The van der Waals surface area contributed by atoms with Gasteiger partial charge in [-0.2, -0.15) is 0 Å². The highest BCUT2D eigenvalue weighted by molar-refractivity contribution is 6.36. The summed E-state index contributed by atoms with van der Waals surface area (Å²) in [4.78, 5) is 12.1. The number of halogens is 3. The molecule has 1 amide bonds. The van der Waals surface area contributed by atoms with Crippen LogP contribution in [0.25, 0.3) is 0 Å². The Morgan fingerprint density at radius 2 is 1.95 bits per heavy atom. The Bertz CT molecular complexity index is 664. The van der Waals surface area contributed by atoms with Crippen LogP contribution in [0.15, 0.2) is 24.3 Å². The van der Waals surface area contributed by atoms with Gasteiger partial charge in [0.25, 0.3) is 5.91 Å². The summed E-state index contributed by atoms with van der Waals surface area (Å²) in [6.07, 6.45) is 0. The van der Waals surface area contributed by atoms with E-state index in [9.17, 15) is 4.79 Å². The molecule has 0 saturated heterocycles. The fourth-order valence-corrected chi connectivity index (χ4v) is 1.92. The fraction of sp³-hybridized carbons (Fsp3) is 0.0833. The van der Waals surface area contributed by atoms with Gasteiger partial charge in [-0.15, -0.1) is 10.2 Å². The number of nitrogens with one attached hydrogen (secondary N) is 1. The second-order valence-electron chi connectivity index (χ2n) is 3.67. The standard InChI is InChI=1S/C12H8Cl3N3O2/c1-20-6-2-3-8(13)9(4-6)16-12(19)7-5-10(14)17-18-11(7)15/h2-5H,1H3,(H,16,19). The highest BCUT2D eigenvalue weighted by atomic mass is 35.5. The maximum atomic E-state index is 12.1. The maximum absolute atomic E-state index is 12.1. The van der Waals surface area contributed by atoms with Crippen molar-refractivity contribution < 1.29 is 9.53 Å². The van der Waals surface area contributed by atoms with Crippen molar-refractivity contribution in [1.82, 2.24) is 10.2 Å². The Hall–Kier alpha value is -1.56. The van der Waals surface area contributed by atoms with Crippen LogP contribution in [-0.2, 0) is 0 Å². The van der Waals surface area contributed by atoms with E-state index in [2.05, 4.69) is 15.5 Å². The zero-order valence-electron chi connectivity index (χ0n) is 10.2. The van der Waals surface area contributed by atoms with Gasteiger partial charge in [0.1, 0.15) is 5.75 Å². The summed E-state index contributed by atoms with van der Waals surface area (Å²) in [5.41, 5.74) is 0.491. The molecule has 0 aliphatic carbocycles. The minimum atomic E-state index is -0.498. The third-order valence-electron chi connectivity index (χ3n) is 2.39. The lowest BCUT2D eigenvalue weighted by Gasteiger charge is -2.09. The molecule has 1 aromatic heterocycles. The van der Waals surface area contributed by atoms with Crippen molar-refractivity contribution in [3.05, 3.63) is 45.2 Å². The van der Waals surface area contributed by atoms with Gasteiger partial charge in [-0.05, 0) is 18.2 Å². The lowest BCUT2D eigenvalue weighted by Crippen LogP contribution is -2.14. The molecule has 0 atom stereocenters. The van der Waals surface area contributed by atoms with Crippen LogP contribution < -0.4 is 10.1 Å². The third kappa shape index (κ3) is 3.30. The van der Waals surface area contributed by atoms with Crippen molar-refractivity contribution in [2.24, 2.45) is 0 Å². The number of ether oxygens (including phenoxy) is 1. The van der Waals surface area contributed by atoms with Crippen LogP contribution in [0.4, 0.5) is 5.69 Å². The average molecular weight is 333 g/mol. The van der Waals surface area contributed by atoms with E-state index in [-0.39, 0.29) is 15.9 Å². The third-order valence-corrected chi connectivity index (χ3v) is 3.18. The summed E-state index contributed by atoms with van der Waals surface area (Å²) < 4.78 is 5.06. The smallest absolute Gasteiger partial charge is 0.259 e. The van der Waals surface area contributed by atoms with Gasteiger partial charge in [0.2, 0.25) is 0 Å². The first-order valence-electron chi connectivity index (χ1n) is 5.35.